The molecule has 0 aromatic heterocycles. The van der Waals surface area contributed by atoms with Gasteiger partial charge in [0.2, 0.25) is 0 Å². The number of rotatable bonds is 4. The molecule has 0 bridgehead atoms. The van der Waals surface area contributed by atoms with Gasteiger partial charge in [-0.1, -0.05) is 29.8 Å². The molecule has 26 heavy (non-hydrogen) atoms. The van der Waals surface area contributed by atoms with Gasteiger partial charge in [0.25, 0.3) is 5.91 Å². The van der Waals surface area contributed by atoms with Crippen molar-refractivity contribution in [3.8, 4) is 11.8 Å². The van der Waals surface area contributed by atoms with Crippen LogP contribution < -0.4 is 4.74 Å². The third-order valence-corrected chi connectivity index (χ3v) is 4.79. The van der Waals surface area contributed by atoms with Crippen LogP contribution in [-0.2, 0) is 0 Å². The molecule has 3 rings (SSSR count). The van der Waals surface area contributed by atoms with Gasteiger partial charge < -0.3 is 9.64 Å². The summed E-state index contributed by atoms with van der Waals surface area (Å²) in [6.07, 6.45) is 0. The zero-order valence-corrected chi connectivity index (χ0v) is 15.2. The number of piperazine rings is 1. The molecule has 0 aliphatic carbocycles. The minimum absolute atomic E-state index is 0.0614. The van der Waals surface area contributed by atoms with Crippen LogP contribution in [0.25, 0.3) is 0 Å². The standard InChI is InChI=1S/C21H23N3O2/c1-16-4-3-5-18(14-16)21(25)24-12-10-23(11-13-24)20(15-22)17-6-8-19(26-2)9-7-17/h3-9,14,20H,10-13H2,1-2H3. The number of ether oxygens (including phenoxy) is 1. The summed E-state index contributed by atoms with van der Waals surface area (Å²) >= 11 is 0. The molecule has 1 saturated heterocycles. The number of amides is 1. The second-order valence-electron chi connectivity index (χ2n) is 6.50. The first-order chi connectivity index (χ1) is 12.6. The van der Waals surface area contributed by atoms with E-state index in [9.17, 15) is 10.1 Å². The fourth-order valence-electron chi connectivity index (χ4n) is 3.30. The van der Waals surface area contributed by atoms with Crippen LogP contribution in [0.1, 0.15) is 27.5 Å². The van der Waals surface area contributed by atoms with Gasteiger partial charge >= 0.3 is 0 Å². The molecule has 1 atom stereocenters. The van der Waals surface area contributed by atoms with E-state index in [1.807, 2.05) is 60.4 Å². The fraction of sp³-hybridized carbons (Fsp3) is 0.333. The van der Waals surface area contributed by atoms with Crippen molar-refractivity contribution in [2.75, 3.05) is 33.3 Å². The number of carbonyl (C=O) groups is 1. The second-order valence-corrected chi connectivity index (χ2v) is 6.50. The Kier molecular flexibility index (Phi) is 5.55. The fourth-order valence-corrected chi connectivity index (χ4v) is 3.30. The summed E-state index contributed by atoms with van der Waals surface area (Å²) in [5.74, 6) is 0.838. The molecular weight excluding hydrogens is 326 g/mol. The maximum absolute atomic E-state index is 12.7. The monoisotopic (exact) mass is 349 g/mol. The van der Waals surface area contributed by atoms with Gasteiger partial charge in [0.15, 0.2) is 0 Å². The van der Waals surface area contributed by atoms with Crippen molar-refractivity contribution in [3.05, 3.63) is 65.2 Å². The van der Waals surface area contributed by atoms with Crippen LogP contribution in [0.5, 0.6) is 5.75 Å². The molecule has 0 N–H and O–H groups in total. The quantitative estimate of drug-likeness (QED) is 0.851. The summed E-state index contributed by atoms with van der Waals surface area (Å²) in [5, 5.41) is 9.64. The van der Waals surface area contributed by atoms with E-state index in [2.05, 4.69) is 11.0 Å². The van der Waals surface area contributed by atoms with Crippen molar-refractivity contribution in [2.45, 2.75) is 13.0 Å². The molecular formula is C21H23N3O2. The van der Waals surface area contributed by atoms with Crippen LogP contribution >= 0.6 is 0 Å². The van der Waals surface area contributed by atoms with E-state index in [0.717, 1.165) is 22.4 Å². The average Bonchev–Trinajstić information content (AvgIpc) is 2.69. The largest absolute Gasteiger partial charge is 0.497 e. The van der Waals surface area contributed by atoms with Gasteiger partial charge in [-0.2, -0.15) is 5.26 Å². The van der Waals surface area contributed by atoms with Gasteiger partial charge in [-0.15, -0.1) is 0 Å². The lowest BCUT2D eigenvalue weighted by atomic mass is 10.0. The number of benzene rings is 2. The van der Waals surface area contributed by atoms with E-state index in [-0.39, 0.29) is 11.9 Å². The predicted molar refractivity (Wildman–Crippen MR) is 100 cm³/mol. The summed E-state index contributed by atoms with van der Waals surface area (Å²) in [5.41, 5.74) is 2.76. The zero-order valence-electron chi connectivity index (χ0n) is 15.2. The van der Waals surface area contributed by atoms with Gasteiger partial charge in [0.05, 0.1) is 13.2 Å². The molecule has 1 aliphatic rings. The maximum atomic E-state index is 12.7. The summed E-state index contributed by atoms with van der Waals surface area (Å²) in [7, 11) is 1.63. The molecule has 1 aliphatic heterocycles. The van der Waals surface area contributed by atoms with Crippen LogP contribution in [0.15, 0.2) is 48.5 Å². The summed E-state index contributed by atoms with van der Waals surface area (Å²) < 4.78 is 5.18. The van der Waals surface area contributed by atoms with Crippen LogP contribution in [0, 0.1) is 18.3 Å². The Morgan fingerprint density at radius 1 is 1.12 bits per heavy atom. The molecule has 0 spiro atoms. The Morgan fingerprint density at radius 3 is 2.38 bits per heavy atom. The van der Waals surface area contributed by atoms with E-state index in [1.54, 1.807) is 7.11 Å². The van der Waals surface area contributed by atoms with E-state index < -0.39 is 0 Å². The molecule has 134 valence electrons. The first-order valence-electron chi connectivity index (χ1n) is 8.76. The number of nitrogens with zero attached hydrogens (tertiary/aromatic N) is 3. The number of methoxy groups -OCH3 is 1. The number of carbonyl (C=O) groups excluding carboxylic acids is 1. The molecule has 0 saturated carbocycles. The van der Waals surface area contributed by atoms with Gasteiger partial charge in [0, 0.05) is 31.7 Å². The van der Waals surface area contributed by atoms with Crippen molar-refractivity contribution in [3.63, 3.8) is 0 Å². The predicted octanol–water partition coefficient (Wildman–Crippen LogP) is 3.03. The highest BCUT2D eigenvalue weighted by molar-refractivity contribution is 5.94. The molecule has 5 heteroatoms. The summed E-state index contributed by atoms with van der Waals surface area (Å²) in [6, 6.07) is 17.4. The number of hydrogen-bond acceptors (Lipinski definition) is 4. The topological polar surface area (TPSA) is 56.6 Å². The van der Waals surface area contributed by atoms with Crippen molar-refractivity contribution < 1.29 is 9.53 Å². The normalized spacial score (nSPS) is 16.0. The summed E-state index contributed by atoms with van der Waals surface area (Å²) in [4.78, 5) is 16.7. The lowest BCUT2D eigenvalue weighted by Gasteiger charge is -2.37. The van der Waals surface area contributed by atoms with Crippen LogP contribution in [-0.4, -0.2) is 49.0 Å². The minimum atomic E-state index is -0.308. The molecule has 1 heterocycles. The van der Waals surface area contributed by atoms with Gasteiger partial charge in [0.1, 0.15) is 11.8 Å². The first-order valence-corrected chi connectivity index (χ1v) is 8.76. The SMILES string of the molecule is COc1ccc(C(C#N)N2CCN(C(=O)c3cccc(C)c3)CC2)cc1. The Hall–Kier alpha value is -2.84. The number of nitriles is 1. The van der Waals surface area contributed by atoms with E-state index in [1.165, 1.54) is 0 Å². The van der Waals surface area contributed by atoms with Crippen molar-refractivity contribution in [1.29, 1.82) is 5.26 Å². The molecule has 2 aromatic rings. The lowest BCUT2D eigenvalue weighted by Crippen LogP contribution is -2.49. The van der Waals surface area contributed by atoms with Gasteiger partial charge in [-0.3, -0.25) is 9.69 Å². The Bertz CT molecular complexity index is 803. The third-order valence-electron chi connectivity index (χ3n) is 4.79. The van der Waals surface area contributed by atoms with Gasteiger partial charge in [-0.25, -0.2) is 0 Å². The van der Waals surface area contributed by atoms with Crippen LogP contribution in [0.2, 0.25) is 0 Å². The van der Waals surface area contributed by atoms with E-state index >= 15 is 0 Å². The highest BCUT2D eigenvalue weighted by atomic mass is 16.5. The highest BCUT2D eigenvalue weighted by Crippen LogP contribution is 2.24. The molecule has 1 amide bonds. The van der Waals surface area contributed by atoms with E-state index in [0.29, 0.717) is 26.2 Å². The average molecular weight is 349 g/mol. The maximum Gasteiger partial charge on any atom is 0.253 e. The molecule has 1 unspecified atom stereocenters. The van der Waals surface area contributed by atoms with Crippen LogP contribution in [0.3, 0.4) is 0 Å². The van der Waals surface area contributed by atoms with Crippen molar-refractivity contribution in [2.24, 2.45) is 0 Å². The Morgan fingerprint density at radius 2 is 1.81 bits per heavy atom. The minimum Gasteiger partial charge on any atom is -0.497 e. The van der Waals surface area contributed by atoms with Crippen molar-refractivity contribution >= 4 is 5.91 Å². The number of aryl methyl sites for hydroxylation is 1. The second kappa shape index (κ2) is 8.03. The van der Waals surface area contributed by atoms with E-state index in [4.69, 9.17) is 4.74 Å². The van der Waals surface area contributed by atoms with Crippen LogP contribution in [0.4, 0.5) is 0 Å². The van der Waals surface area contributed by atoms with Crippen molar-refractivity contribution in [1.82, 2.24) is 9.80 Å². The Balaban J connectivity index is 1.65. The summed E-state index contributed by atoms with van der Waals surface area (Å²) in [6.45, 7) is 4.60. The molecule has 2 aromatic carbocycles. The highest BCUT2D eigenvalue weighted by Gasteiger charge is 2.27. The molecule has 0 radical (unpaired) electrons. The zero-order chi connectivity index (χ0) is 18.5. The first kappa shape index (κ1) is 18.0. The number of hydrogen-bond donors (Lipinski definition) is 0. The Labute approximate surface area is 154 Å². The smallest absolute Gasteiger partial charge is 0.253 e. The third kappa shape index (κ3) is 3.87. The van der Waals surface area contributed by atoms with Gasteiger partial charge in [-0.05, 0) is 36.8 Å². The lowest BCUT2D eigenvalue weighted by molar-refractivity contribution is 0.0606. The molecule has 5 nitrogen and oxygen atoms in total. The molecule has 1 fully saturated rings.